The van der Waals surface area contributed by atoms with Crippen molar-refractivity contribution >= 4 is 214 Å². The molecule has 0 spiro atoms. The van der Waals surface area contributed by atoms with Gasteiger partial charge in [-0.2, -0.15) is 0 Å². The van der Waals surface area contributed by atoms with Crippen LogP contribution in [-0.2, 0) is 0 Å². The number of aromatic nitrogens is 7. The van der Waals surface area contributed by atoms with Gasteiger partial charge in [0, 0.05) is 145 Å². The molecule has 0 saturated carbocycles. The Kier molecular flexibility index (Phi) is 16.8. The van der Waals surface area contributed by atoms with E-state index in [-0.39, 0.29) is 0 Å². The molecule has 0 aliphatic carbocycles. The third-order valence-corrected chi connectivity index (χ3v) is 29.2. The normalized spacial score (nSPS) is 11.9. The average molecular weight is 1670 g/mol. The van der Waals surface area contributed by atoms with E-state index >= 15 is 0 Å². The molecule has 18 aromatic carbocycles. The SMILES string of the molecule is c1cc(-c2ccc(-n3c4ccccc4c4ccccc43)cc2)cc(-c2nc3ccccc3c3c2sc2ccccc23)c1.c1cc(-c2nc3ccccc3c3c2sc2ccccc23)cc(-n2c3ccccc3c3ccccc32)c1.c1ccc(-n2c3ccccc3c3ccc4c5ccccc5n(-c5cccc(-c6nc7ccccc7c7c6sc6ccccc67)c5)c4c32)cc1. The fourth-order valence-electron chi connectivity index (χ4n) is 20.1. The molecule has 0 aliphatic heterocycles. The zero-order valence-electron chi connectivity index (χ0n) is 68.3. The molecule has 0 unspecified atom stereocenters. The Hall–Kier alpha value is -16.0. The molecular weight excluding hydrogens is 1600 g/mol. The van der Waals surface area contributed by atoms with Crippen LogP contribution in [0.25, 0.3) is 248 Å². The summed E-state index contributed by atoms with van der Waals surface area (Å²) in [6, 6.07) is 155. The average Bonchev–Trinajstić information content (AvgIpc) is 1.59. The lowest BCUT2D eigenvalue weighted by Crippen LogP contribution is -1.99. The van der Waals surface area contributed by atoms with Crippen molar-refractivity contribution in [1.82, 2.24) is 33.2 Å². The van der Waals surface area contributed by atoms with Crippen LogP contribution in [0.2, 0.25) is 0 Å². The smallest absolute Gasteiger partial charge is 0.0889 e. The Morgan fingerprint density at radius 2 is 0.433 bits per heavy atom. The summed E-state index contributed by atoms with van der Waals surface area (Å²) >= 11 is 5.51. The van der Waals surface area contributed by atoms with E-state index in [4.69, 9.17) is 15.0 Å². The van der Waals surface area contributed by atoms with Gasteiger partial charge in [0.25, 0.3) is 0 Å². The Balaban J connectivity index is 0.000000102. The molecule has 10 aromatic heterocycles. The fraction of sp³-hybridized carbons (Fsp3) is 0. The molecule has 0 radical (unpaired) electrons. The van der Waals surface area contributed by atoms with Crippen molar-refractivity contribution < 1.29 is 0 Å². The molecule has 0 amide bonds. The maximum absolute atomic E-state index is 5.35. The number of para-hydroxylation sites is 10. The first-order valence-electron chi connectivity index (χ1n) is 43.0. The number of fused-ring (bicyclic) bond motifs is 28. The molecule has 0 N–H and O–H groups in total. The lowest BCUT2D eigenvalue weighted by molar-refractivity contribution is 1.15. The third kappa shape index (κ3) is 11.6. The maximum Gasteiger partial charge on any atom is 0.0889 e. The number of benzene rings is 18. The van der Waals surface area contributed by atoms with Crippen LogP contribution < -0.4 is 0 Å². The van der Waals surface area contributed by atoms with Gasteiger partial charge in [-0.05, 0) is 139 Å². The van der Waals surface area contributed by atoms with E-state index in [1.165, 1.54) is 175 Å². The van der Waals surface area contributed by atoms with Gasteiger partial charge in [-0.15, -0.1) is 34.0 Å². The number of hydrogen-bond donors (Lipinski definition) is 0. The third-order valence-electron chi connectivity index (χ3n) is 25.6. The highest BCUT2D eigenvalue weighted by Gasteiger charge is 2.26. The van der Waals surface area contributed by atoms with E-state index in [1.54, 1.807) is 0 Å². The van der Waals surface area contributed by atoms with Crippen molar-refractivity contribution in [3.05, 3.63) is 431 Å². The number of rotatable bonds is 8. The van der Waals surface area contributed by atoms with Gasteiger partial charge < -0.3 is 18.3 Å². The van der Waals surface area contributed by atoms with Crippen LogP contribution in [0.3, 0.4) is 0 Å². The summed E-state index contributed by atoms with van der Waals surface area (Å²) in [6.07, 6.45) is 0. The molecule has 10 heterocycles. The molecule has 0 bridgehead atoms. The monoisotopic (exact) mass is 1670 g/mol. The summed E-state index contributed by atoms with van der Waals surface area (Å²) in [5, 5.41) is 21.5. The van der Waals surface area contributed by atoms with Gasteiger partial charge in [0.15, 0.2) is 0 Å². The highest BCUT2D eigenvalue weighted by Crippen LogP contribution is 2.50. The first-order valence-corrected chi connectivity index (χ1v) is 45.5. The van der Waals surface area contributed by atoms with Gasteiger partial charge in [0.2, 0.25) is 0 Å². The molecular formula is C117H71N7S3. The fourth-order valence-corrected chi connectivity index (χ4v) is 23.8. The van der Waals surface area contributed by atoms with E-state index in [0.29, 0.717) is 0 Å². The minimum absolute atomic E-state index is 1.02. The van der Waals surface area contributed by atoms with Crippen LogP contribution in [0, 0.1) is 0 Å². The van der Waals surface area contributed by atoms with E-state index in [1.807, 2.05) is 34.0 Å². The predicted molar refractivity (Wildman–Crippen MR) is 543 cm³/mol. The van der Waals surface area contributed by atoms with Crippen LogP contribution in [0.15, 0.2) is 431 Å². The van der Waals surface area contributed by atoms with Gasteiger partial charge in [0.05, 0.1) is 91.9 Å². The van der Waals surface area contributed by atoms with E-state index in [9.17, 15) is 0 Å². The Morgan fingerprint density at radius 3 is 0.827 bits per heavy atom. The molecule has 0 fully saturated rings. The van der Waals surface area contributed by atoms with E-state index in [0.717, 1.165) is 73.1 Å². The van der Waals surface area contributed by atoms with Crippen LogP contribution >= 0.6 is 34.0 Å². The number of pyridine rings is 3. The zero-order chi connectivity index (χ0) is 83.3. The summed E-state index contributed by atoms with van der Waals surface area (Å²) in [7, 11) is 0. The summed E-state index contributed by atoms with van der Waals surface area (Å²) in [5.74, 6) is 0. The topological polar surface area (TPSA) is 58.4 Å². The van der Waals surface area contributed by atoms with Gasteiger partial charge in [-0.1, -0.05) is 303 Å². The minimum Gasteiger partial charge on any atom is -0.309 e. The predicted octanol–water partition coefficient (Wildman–Crippen LogP) is 32.9. The molecule has 7 nitrogen and oxygen atoms in total. The summed E-state index contributed by atoms with van der Waals surface area (Å²) in [4.78, 5) is 15.8. The second-order valence-corrected chi connectivity index (χ2v) is 35.9. The summed E-state index contributed by atoms with van der Waals surface area (Å²) in [5.41, 5.74) is 26.2. The van der Waals surface area contributed by atoms with Crippen LogP contribution in [0.4, 0.5) is 0 Å². The van der Waals surface area contributed by atoms with Gasteiger partial charge >= 0.3 is 0 Å². The lowest BCUT2D eigenvalue weighted by Gasteiger charge is -2.14. The van der Waals surface area contributed by atoms with Crippen molar-refractivity contribution in [2.45, 2.75) is 0 Å². The van der Waals surface area contributed by atoms with Crippen molar-refractivity contribution in [2.24, 2.45) is 0 Å². The molecule has 10 heteroatoms. The Morgan fingerprint density at radius 1 is 0.165 bits per heavy atom. The Bertz CT molecular complexity index is 9280. The molecule has 0 saturated heterocycles. The molecule has 592 valence electrons. The summed E-state index contributed by atoms with van der Waals surface area (Å²) < 4.78 is 17.2. The van der Waals surface area contributed by atoms with Crippen molar-refractivity contribution in [1.29, 1.82) is 0 Å². The van der Waals surface area contributed by atoms with E-state index in [2.05, 4.69) is 449 Å². The molecule has 127 heavy (non-hydrogen) atoms. The molecule has 0 atom stereocenters. The van der Waals surface area contributed by atoms with Crippen LogP contribution in [0.5, 0.6) is 0 Å². The van der Waals surface area contributed by atoms with Gasteiger partial charge in [-0.3, -0.25) is 0 Å². The second kappa shape index (κ2) is 29.4. The molecule has 0 aliphatic rings. The first-order chi connectivity index (χ1) is 63.0. The number of nitrogens with zero attached hydrogens (tertiary/aromatic N) is 7. The summed E-state index contributed by atoms with van der Waals surface area (Å²) in [6.45, 7) is 0. The minimum atomic E-state index is 1.02. The largest absolute Gasteiger partial charge is 0.309 e. The molecule has 28 rings (SSSR count). The van der Waals surface area contributed by atoms with Gasteiger partial charge in [0.1, 0.15) is 0 Å². The Labute approximate surface area is 740 Å². The van der Waals surface area contributed by atoms with Gasteiger partial charge in [-0.25, -0.2) is 15.0 Å². The van der Waals surface area contributed by atoms with E-state index < -0.39 is 0 Å². The highest BCUT2D eigenvalue weighted by molar-refractivity contribution is 7.27. The first kappa shape index (κ1) is 72.7. The standard InChI is InChI=1S/C45H27N3S.C39H24N2S.C33H20N2S/c1-2-14-29(15-3-1)47-38-22-9-5-17-31(38)33-25-26-34-32-18-6-10-23-39(32)48(44(34)43(33)47)30-16-12-13-28(27-30)42-45-41(35-19-4-8-21-37(35)46-42)36-20-7-11-24-40(36)49-45;1-5-16-33-31(14-1)37-32-15-4-8-19-36(32)42-39(37)38(40-33)27-11-9-10-26(24-27)25-20-22-28(23-21-25)41-34-17-6-2-12-29(34)30-13-3-7-18-35(30)41;1-5-16-27-25(14-1)31-26-15-4-8-19-30(26)36-33(31)32(34-27)21-10-9-11-22(20-21)35-28-17-6-2-12-23(28)24-13-3-7-18-29(24)35/h1-27H;1-24H;1-20H. The van der Waals surface area contributed by atoms with Crippen molar-refractivity contribution in [3.8, 4) is 67.6 Å². The number of thiophene rings is 3. The highest BCUT2D eigenvalue weighted by atomic mass is 32.1. The lowest BCUT2D eigenvalue weighted by atomic mass is 9.99. The quantitative estimate of drug-likeness (QED) is 0.152. The number of hydrogen-bond acceptors (Lipinski definition) is 6. The zero-order valence-corrected chi connectivity index (χ0v) is 70.8. The van der Waals surface area contributed by atoms with Crippen molar-refractivity contribution in [3.63, 3.8) is 0 Å². The molecule has 28 aromatic rings. The van der Waals surface area contributed by atoms with Crippen LogP contribution in [0.1, 0.15) is 0 Å². The van der Waals surface area contributed by atoms with Crippen molar-refractivity contribution in [2.75, 3.05) is 0 Å². The second-order valence-electron chi connectivity index (χ2n) is 32.7. The van der Waals surface area contributed by atoms with Crippen LogP contribution in [-0.4, -0.2) is 33.2 Å². The maximum atomic E-state index is 5.35.